The van der Waals surface area contributed by atoms with Crippen LogP contribution in [0.3, 0.4) is 0 Å². The van der Waals surface area contributed by atoms with E-state index in [1.165, 1.54) is 0 Å². The Bertz CT molecular complexity index is 240. The van der Waals surface area contributed by atoms with Crippen molar-refractivity contribution in [2.45, 2.75) is 6.42 Å². The number of benzene rings is 1. The number of halogens is 2. The van der Waals surface area contributed by atoms with Crippen molar-refractivity contribution in [3.63, 3.8) is 0 Å². The number of anilines is 1. The van der Waals surface area contributed by atoms with Gasteiger partial charge >= 0.3 is 0 Å². The molecule has 0 unspecified atom stereocenters. The highest BCUT2D eigenvalue weighted by molar-refractivity contribution is 9.10. The molecular formula is C9H11BrFN. The highest BCUT2D eigenvalue weighted by Crippen LogP contribution is 2.15. The molecule has 1 aromatic carbocycles. The minimum Gasteiger partial charge on any atom is -0.385 e. The normalized spacial score (nSPS) is 9.83. The second-order valence-electron chi connectivity index (χ2n) is 2.48. The highest BCUT2D eigenvalue weighted by Gasteiger charge is 1.91. The molecule has 3 heteroatoms. The number of alkyl halides is 1. The molecule has 0 aromatic heterocycles. The van der Waals surface area contributed by atoms with Gasteiger partial charge < -0.3 is 5.32 Å². The molecule has 0 saturated carbocycles. The lowest BCUT2D eigenvalue weighted by molar-refractivity contribution is 0.481. The molecule has 0 atom stereocenters. The van der Waals surface area contributed by atoms with E-state index >= 15 is 0 Å². The smallest absolute Gasteiger partial charge is 0.0911 e. The maximum Gasteiger partial charge on any atom is 0.0911 e. The zero-order chi connectivity index (χ0) is 8.81. The maximum absolute atomic E-state index is 11.7. The van der Waals surface area contributed by atoms with Gasteiger partial charge in [0.1, 0.15) is 0 Å². The van der Waals surface area contributed by atoms with Crippen LogP contribution in [0.2, 0.25) is 0 Å². The summed E-state index contributed by atoms with van der Waals surface area (Å²) in [6.07, 6.45) is 0.562. The quantitative estimate of drug-likeness (QED) is 0.786. The third kappa shape index (κ3) is 3.22. The van der Waals surface area contributed by atoms with Crippen LogP contribution in [-0.4, -0.2) is 13.2 Å². The Morgan fingerprint density at radius 1 is 1.42 bits per heavy atom. The van der Waals surface area contributed by atoms with Gasteiger partial charge in [0.2, 0.25) is 0 Å². The third-order valence-corrected chi connectivity index (χ3v) is 1.96. The molecule has 1 N–H and O–H groups in total. The topological polar surface area (TPSA) is 12.0 Å². The minimum absolute atomic E-state index is 0.263. The first-order valence-corrected chi connectivity index (χ1v) is 4.67. The average molecular weight is 232 g/mol. The fraction of sp³-hybridized carbons (Fsp3) is 0.333. The lowest BCUT2D eigenvalue weighted by Crippen LogP contribution is -2.01. The van der Waals surface area contributed by atoms with Crippen LogP contribution in [0, 0.1) is 0 Å². The van der Waals surface area contributed by atoms with E-state index in [1.54, 1.807) is 0 Å². The predicted molar refractivity (Wildman–Crippen MR) is 53.2 cm³/mol. The molecule has 0 heterocycles. The summed E-state index contributed by atoms with van der Waals surface area (Å²) < 4.78 is 12.8. The molecule has 0 fully saturated rings. The Morgan fingerprint density at radius 3 is 2.92 bits per heavy atom. The van der Waals surface area contributed by atoms with E-state index in [4.69, 9.17) is 0 Å². The summed E-state index contributed by atoms with van der Waals surface area (Å²) in [5.74, 6) is 0. The van der Waals surface area contributed by atoms with Crippen LogP contribution in [-0.2, 0) is 0 Å². The van der Waals surface area contributed by atoms with Gasteiger partial charge in [-0.05, 0) is 24.6 Å². The number of nitrogens with one attached hydrogen (secondary N) is 1. The van der Waals surface area contributed by atoms with Crippen molar-refractivity contribution in [3.05, 3.63) is 28.7 Å². The maximum atomic E-state index is 11.7. The van der Waals surface area contributed by atoms with E-state index in [1.807, 2.05) is 24.3 Å². The molecule has 1 nitrogen and oxygen atoms in total. The van der Waals surface area contributed by atoms with Gasteiger partial charge in [-0.25, -0.2) is 0 Å². The van der Waals surface area contributed by atoms with Crippen LogP contribution in [0.5, 0.6) is 0 Å². The van der Waals surface area contributed by atoms with Crippen LogP contribution >= 0.6 is 15.9 Å². The van der Waals surface area contributed by atoms with Gasteiger partial charge in [0.15, 0.2) is 0 Å². The molecule has 0 spiro atoms. The molecule has 1 rings (SSSR count). The van der Waals surface area contributed by atoms with Gasteiger partial charge in [-0.2, -0.15) is 0 Å². The van der Waals surface area contributed by atoms with Crippen LogP contribution in [0.25, 0.3) is 0 Å². The Labute approximate surface area is 80.1 Å². The third-order valence-electron chi connectivity index (χ3n) is 1.46. The molecule has 0 amide bonds. The Balaban J connectivity index is 2.41. The molecule has 0 aliphatic rings. The molecular weight excluding hydrogens is 221 g/mol. The van der Waals surface area contributed by atoms with Gasteiger partial charge in [-0.15, -0.1) is 0 Å². The average Bonchev–Trinajstić information content (AvgIpc) is 2.05. The molecule has 1 aromatic rings. The van der Waals surface area contributed by atoms with Crippen molar-refractivity contribution in [1.29, 1.82) is 0 Å². The molecule has 0 bridgehead atoms. The first-order valence-electron chi connectivity index (χ1n) is 3.88. The summed E-state index contributed by atoms with van der Waals surface area (Å²) in [6, 6.07) is 7.84. The SMILES string of the molecule is FCCCNc1cccc(Br)c1. The zero-order valence-corrected chi connectivity index (χ0v) is 8.27. The van der Waals surface area contributed by atoms with E-state index in [9.17, 15) is 4.39 Å². The van der Waals surface area contributed by atoms with Crippen molar-refractivity contribution in [2.75, 3.05) is 18.5 Å². The number of rotatable bonds is 4. The van der Waals surface area contributed by atoms with Crippen LogP contribution in [0.1, 0.15) is 6.42 Å². The van der Waals surface area contributed by atoms with E-state index in [2.05, 4.69) is 21.2 Å². The van der Waals surface area contributed by atoms with Gasteiger partial charge in [-0.3, -0.25) is 4.39 Å². The fourth-order valence-corrected chi connectivity index (χ4v) is 1.30. The Morgan fingerprint density at radius 2 is 2.25 bits per heavy atom. The largest absolute Gasteiger partial charge is 0.385 e. The van der Waals surface area contributed by atoms with Crippen LogP contribution in [0.4, 0.5) is 10.1 Å². The van der Waals surface area contributed by atoms with Gasteiger partial charge in [0.05, 0.1) is 6.67 Å². The van der Waals surface area contributed by atoms with Gasteiger partial charge in [0, 0.05) is 16.7 Å². The number of hydrogen-bond donors (Lipinski definition) is 1. The minimum atomic E-state index is -0.263. The van der Waals surface area contributed by atoms with Gasteiger partial charge in [0.25, 0.3) is 0 Å². The summed E-state index contributed by atoms with van der Waals surface area (Å²) in [7, 11) is 0. The van der Waals surface area contributed by atoms with E-state index < -0.39 is 0 Å². The van der Waals surface area contributed by atoms with Gasteiger partial charge in [-0.1, -0.05) is 22.0 Å². The second-order valence-corrected chi connectivity index (χ2v) is 3.40. The van der Waals surface area contributed by atoms with E-state index in [0.29, 0.717) is 13.0 Å². The summed E-state index contributed by atoms with van der Waals surface area (Å²) in [6.45, 7) is 0.425. The molecule has 0 saturated heterocycles. The Hall–Kier alpha value is -0.570. The lowest BCUT2D eigenvalue weighted by atomic mass is 10.3. The predicted octanol–water partition coefficient (Wildman–Crippen LogP) is 3.22. The van der Waals surface area contributed by atoms with Crippen molar-refractivity contribution in [2.24, 2.45) is 0 Å². The van der Waals surface area contributed by atoms with Crippen molar-refractivity contribution >= 4 is 21.6 Å². The standard InChI is InChI=1S/C9H11BrFN/c10-8-3-1-4-9(7-8)12-6-2-5-11/h1,3-4,7,12H,2,5-6H2. The first kappa shape index (κ1) is 9.52. The van der Waals surface area contributed by atoms with Crippen molar-refractivity contribution < 1.29 is 4.39 Å². The van der Waals surface area contributed by atoms with E-state index in [0.717, 1.165) is 10.2 Å². The van der Waals surface area contributed by atoms with E-state index in [-0.39, 0.29) is 6.67 Å². The highest BCUT2D eigenvalue weighted by atomic mass is 79.9. The molecule has 66 valence electrons. The summed E-state index contributed by atoms with van der Waals surface area (Å²) in [5.41, 5.74) is 1.03. The molecule has 0 radical (unpaired) electrons. The zero-order valence-electron chi connectivity index (χ0n) is 6.69. The first-order chi connectivity index (χ1) is 5.83. The van der Waals surface area contributed by atoms with Crippen LogP contribution < -0.4 is 5.32 Å². The Kier molecular flexibility index (Phi) is 4.08. The lowest BCUT2D eigenvalue weighted by Gasteiger charge is -2.04. The molecule has 0 aliphatic carbocycles. The molecule has 0 aliphatic heterocycles. The van der Waals surface area contributed by atoms with Crippen molar-refractivity contribution in [1.82, 2.24) is 0 Å². The van der Waals surface area contributed by atoms with Crippen molar-refractivity contribution in [3.8, 4) is 0 Å². The second kappa shape index (κ2) is 5.14. The number of hydrogen-bond acceptors (Lipinski definition) is 1. The fourth-order valence-electron chi connectivity index (χ4n) is 0.898. The summed E-state index contributed by atoms with van der Waals surface area (Å²) in [4.78, 5) is 0. The van der Waals surface area contributed by atoms with Crippen LogP contribution in [0.15, 0.2) is 28.7 Å². The monoisotopic (exact) mass is 231 g/mol. The summed E-state index contributed by atoms with van der Waals surface area (Å²) in [5, 5.41) is 3.12. The molecule has 12 heavy (non-hydrogen) atoms. The summed E-state index contributed by atoms with van der Waals surface area (Å²) >= 11 is 3.36.